The number of aliphatic carboxylic acids is 1. The molecule has 1 amide bonds. The number of piperazine rings is 1. The van der Waals surface area contributed by atoms with Crippen molar-refractivity contribution in [1.29, 1.82) is 0 Å². The topological polar surface area (TPSA) is 78.4 Å². The third-order valence-electron chi connectivity index (χ3n) is 2.46. The Hall–Kier alpha value is -1.10. The molecule has 3 atom stereocenters. The predicted octanol–water partition coefficient (Wildman–Crippen LogP) is -1.31. The average molecular weight is 170 g/mol. The molecular weight excluding hydrogens is 160 g/mol. The summed E-state index contributed by atoms with van der Waals surface area (Å²) in [7, 11) is 0. The summed E-state index contributed by atoms with van der Waals surface area (Å²) in [6.45, 7) is 0. The molecule has 66 valence electrons. The van der Waals surface area contributed by atoms with E-state index in [1.807, 2.05) is 0 Å². The molecule has 2 aliphatic rings. The van der Waals surface area contributed by atoms with Gasteiger partial charge < -0.3 is 15.7 Å². The lowest BCUT2D eigenvalue weighted by atomic mass is 10.1. The van der Waals surface area contributed by atoms with E-state index in [9.17, 15) is 9.59 Å². The maximum atomic E-state index is 11.1. The first kappa shape index (κ1) is 7.54. The van der Waals surface area contributed by atoms with Gasteiger partial charge in [-0.05, 0) is 12.8 Å². The predicted molar refractivity (Wildman–Crippen MR) is 39.5 cm³/mol. The maximum Gasteiger partial charge on any atom is 0.327 e. The van der Waals surface area contributed by atoms with E-state index < -0.39 is 12.0 Å². The zero-order chi connectivity index (χ0) is 8.72. The van der Waals surface area contributed by atoms with E-state index in [1.54, 1.807) is 0 Å². The summed E-state index contributed by atoms with van der Waals surface area (Å²) in [6.07, 6.45) is 1.51. The van der Waals surface area contributed by atoms with Crippen molar-refractivity contribution < 1.29 is 14.7 Å². The number of carbonyl (C=O) groups excluding carboxylic acids is 1. The van der Waals surface area contributed by atoms with Crippen molar-refractivity contribution in [2.75, 3.05) is 0 Å². The zero-order valence-corrected chi connectivity index (χ0v) is 6.41. The first-order valence-corrected chi connectivity index (χ1v) is 3.98. The SMILES string of the molecule is O=C(O)C1NC(=O)[C@H]2CC[C@@H]1N2. The van der Waals surface area contributed by atoms with Crippen LogP contribution in [-0.4, -0.2) is 35.1 Å². The second-order valence-electron chi connectivity index (χ2n) is 3.23. The Labute approximate surface area is 69.1 Å². The molecule has 0 aromatic carbocycles. The van der Waals surface area contributed by atoms with Gasteiger partial charge >= 0.3 is 5.97 Å². The number of carboxylic acid groups (broad SMARTS) is 1. The van der Waals surface area contributed by atoms with Crippen LogP contribution in [-0.2, 0) is 9.59 Å². The third kappa shape index (κ3) is 0.972. The molecule has 12 heavy (non-hydrogen) atoms. The lowest BCUT2D eigenvalue weighted by molar-refractivity contribution is -0.144. The molecular formula is C7H10N2O3. The van der Waals surface area contributed by atoms with Crippen molar-refractivity contribution in [2.24, 2.45) is 0 Å². The Balaban J connectivity index is 2.17. The average Bonchev–Trinajstić information content (AvgIpc) is 2.42. The Morgan fingerprint density at radius 3 is 2.92 bits per heavy atom. The van der Waals surface area contributed by atoms with E-state index >= 15 is 0 Å². The molecule has 0 saturated carbocycles. The van der Waals surface area contributed by atoms with Gasteiger partial charge in [0, 0.05) is 6.04 Å². The van der Waals surface area contributed by atoms with Crippen molar-refractivity contribution in [3.8, 4) is 0 Å². The van der Waals surface area contributed by atoms with Gasteiger partial charge in [0.05, 0.1) is 6.04 Å². The summed E-state index contributed by atoms with van der Waals surface area (Å²) < 4.78 is 0. The largest absolute Gasteiger partial charge is 0.480 e. The minimum absolute atomic E-state index is 0.0785. The van der Waals surface area contributed by atoms with Gasteiger partial charge in [-0.2, -0.15) is 0 Å². The summed E-state index contributed by atoms with van der Waals surface area (Å²) in [5.74, 6) is -1.14. The third-order valence-corrected chi connectivity index (χ3v) is 2.46. The van der Waals surface area contributed by atoms with E-state index in [0.717, 1.165) is 12.8 Å². The fraction of sp³-hybridized carbons (Fsp3) is 0.714. The first-order chi connectivity index (χ1) is 5.68. The van der Waals surface area contributed by atoms with Gasteiger partial charge in [0.15, 0.2) is 0 Å². The van der Waals surface area contributed by atoms with E-state index in [0.29, 0.717) is 0 Å². The highest BCUT2D eigenvalue weighted by molar-refractivity contribution is 5.89. The fourth-order valence-corrected chi connectivity index (χ4v) is 1.83. The van der Waals surface area contributed by atoms with Gasteiger partial charge in [0.1, 0.15) is 6.04 Å². The number of nitrogens with one attached hydrogen (secondary N) is 2. The van der Waals surface area contributed by atoms with Crippen LogP contribution in [0.1, 0.15) is 12.8 Å². The van der Waals surface area contributed by atoms with Crippen molar-refractivity contribution in [2.45, 2.75) is 31.0 Å². The number of amides is 1. The van der Waals surface area contributed by atoms with Crippen LogP contribution in [0.4, 0.5) is 0 Å². The normalized spacial score (nSPS) is 39.3. The summed E-state index contributed by atoms with van der Waals surface area (Å²) >= 11 is 0. The van der Waals surface area contributed by atoms with Gasteiger partial charge in [-0.3, -0.25) is 4.79 Å². The van der Waals surface area contributed by atoms with Crippen LogP contribution < -0.4 is 10.6 Å². The quantitative estimate of drug-likeness (QED) is 0.456. The summed E-state index contributed by atoms with van der Waals surface area (Å²) in [5.41, 5.74) is 0. The van der Waals surface area contributed by atoms with E-state index in [1.165, 1.54) is 0 Å². The van der Waals surface area contributed by atoms with Crippen molar-refractivity contribution in [3.63, 3.8) is 0 Å². The van der Waals surface area contributed by atoms with Crippen LogP contribution in [0.25, 0.3) is 0 Å². The maximum absolute atomic E-state index is 11.1. The van der Waals surface area contributed by atoms with Crippen molar-refractivity contribution in [3.05, 3.63) is 0 Å². The molecule has 0 radical (unpaired) electrons. The molecule has 2 aliphatic heterocycles. The highest BCUT2D eigenvalue weighted by Crippen LogP contribution is 2.20. The molecule has 1 unspecified atom stereocenters. The van der Waals surface area contributed by atoms with Gasteiger partial charge in [0.25, 0.3) is 0 Å². The zero-order valence-electron chi connectivity index (χ0n) is 6.41. The van der Waals surface area contributed by atoms with Gasteiger partial charge in [-0.25, -0.2) is 4.79 Å². The Morgan fingerprint density at radius 2 is 2.25 bits per heavy atom. The van der Waals surface area contributed by atoms with Crippen LogP contribution in [0, 0.1) is 0 Å². The van der Waals surface area contributed by atoms with E-state index in [4.69, 9.17) is 5.11 Å². The second-order valence-corrected chi connectivity index (χ2v) is 3.23. The molecule has 3 N–H and O–H groups in total. The molecule has 2 rings (SSSR count). The van der Waals surface area contributed by atoms with Crippen LogP contribution in [0.2, 0.25) is 0 Å². The number of hydrogen-bond donors (Lipinski definition) is 3. The molecule has 0 aromatic heterocycles. The van der Waals surface area contributed by atoms with Crippen molar-refractivity contribution >= 4 is 11.9 Å². The Morgan fingerprint density at radius 1 is 1.50 bits per heavy atom. The molecule has 5 nitrogen and oxygen atoms in total. The number of rotatable bonds is 1. The minimum Gasteiger partial charge on any atom is -0.480 e. The Bertz CT molecular complexity index is 241. The molecule has 0 aromatic rings. The molecule has 2 bridgehead atoms. The highest BCUT2D eigenvalue weighted by Gasteiger charge is 2.43. The molecule has 2 fully saturated rings. The standard InChI is InChI=1S/C7H10N2O3/c10-6-4-2-1-3(8-4)5(9-6)7(11)12/h3-5,8H,1-2H2,(H,9,10)(H,11,12)/t3-,4+,5?/m0/s1. The smallest absolute Gasteiger partial charge is 0.327 e. The van der Waals surface area contributed by atoms with E-state index in [2.05, 4.69) is 10.6 Å². The van der Waals surface area contributed by atoms with E-state index in [-0.39, 0.29) is 18.0 Å². The monoisotopic (exact) mass is 170 g/mol. The van der Waals surface area contributed by atoms with Crippen LogP contribution >= 0.6 is 0 Å². The molecule has 0 spiro atoms. The number of carboxylic acids is 1. The fourth-order valence-electron chi connectivity index (χ4n) is 1.83. The lowest BCUT2D eigenvalue weighted by Gasteiger charge is -2.27. The summed E-state index contributed by atoms with van der Waals surface area (Å²) in [5, 5.41) is 14.2. The first-order valence-electron chi connectivity index (χ1n) is 3.98. The minimum atomic E-state index is -0.957. The molecule has 2 heterocycles. The lowest BCUT2D eigenvalue weighted by Crippen LogP contribution is -2.61. The number of hydrogen-bond acceptors (Lipinski definition) is 3. The van der Waals surface area contributed by atoms with Gasteiger partial charge in [-0.1, -0.05) is 0 Å². The molecule has 2 saturated heterocycles. The van der Waals surface area contributed by atoms with Crippen molar-refractivity contribution in [1.82, 2.24) is 10.6 Å². The van der Waals surface area contributed by atoms with Gasteiger partial charge in [0.2, 0.25) is 5.91 Å². The highest BCUT2D eigenvalue weighted by atomic mass is 16.4. The summed E-state index contributed by atoms with van der Waals surface area (Å²) in [4.78, 5) is 21.8. The van der Waals surface area contributed by atoms with Gasteiger partial charge in [-0.15, -0.1) is 0 Å². The molecule has 0 aliphatic carbocycles. The molecule has 5 heteroatoms. The van der Waals surface area contributed by atoms with Crippen LogP contribution in [0.15, 0.2) is 0 Å². The van der Waals surface area contributed by atoms with Crippen LogP contribution in [0.3, 0.4) is 0 Å². The second kappa shape index (κ2) is 2.45. The van der Waals surface area contributed by atoms with Crippen LogP contribution in [0.5, 0.6) is 0 Å². The number of fused-ring (bicyclic) bond motifs is 2. The Kier molecular flexibility index (Phi) is 1.54. The summed E-state index contributed by atoms with van der Waals surface area (Å²) in [6, 6.07) is -0.980. The number of carbonyl (C=O) groups is 2.